The lowest BCUT2D eigenvalue weighted by Gasteiger charge is -2.27. The van der Waals surface area contributed by atoms with Crippen LogP contribution in [-0.2, 0) is 4.74 Å². The van der Waals surface area contributed by atoms with Gasteiger partial charge < -0.3 is 9.64 Å². The molecule has 1 rings (SSSR count). The van der Waals surface area contributed by atoms with Crippen molar-refractivity contribution < 1.29 is 4.74 Å². The summed E-state index contributed by atoms with van der Waals surface area (Å²) in [6.07, 6.45) is 3.44. The second-order valence-corrected chi connectivity index (χ2v) is 4.97. The molecular formula is C12H26N4O. The Labute approximate surface area is 104 Å². The number of aliphatic imine (C=N–C) groups is 1. The monoisotopic (exact) mass is 242 g/mol. The Morgan fingerprint density at radius 2 is 2.24 bits per heavy atom. The van der Waals surface area contributed by atoms with E-state index in [1.807, 2.05) is 0 Å². The van der Waals surface area contributed by atoms with Crippen molar-refractivity contribution in [2.75, 3.05) is 26.8 Å². The molecule has 0 spiro atoms. The van der Waals surface area contributed by atoms with Crippen molar-refractivity contribution in [2.24, 2.45) is 16.8 Å². The maximum Gasteiger partial charge on any atom is 0.208 e. The molecule has 1 fully saturated rings. The molecule has 3 N–H and O–H groups in total. The van der Waals surface area contributed by atoms with Gasteiger partial charge in [0.15, 0.2) is 0 Å². The van der Waals surface area contributed by atoms with E-state index in [2.05, 4.69) is 29.2 Å². The van der Waals surface area contributed by atoms with Crippen LogP contribution in [0.2, 0.25) is 0 Å². The van der Waals surface area contributed by atoms with Crippen molar-refractivity contribution in [1.29, 1.82) is 0 Å². The number of hydrogen-bond donors (Lipinski definition) is 2. The fourth-order valence-corrected chi connectivity index (χ4v) is 1.80. The van der Waals surface area contributed by atoms with Gasteiger partial charge in [0.05, 0.1) is 0 Å². The molecule has 100 valence electrons. The Morgan fingerprint density at radius 1 is 1.53 bits per heavy atom. The molecule has 0 saturated heterocycles. The Bertz CT molecular complexity index is 239. The standard InChI is InChI=1S/C12H26N4O/c1-10(2)9-16(11-5-6-11)12(15-13)14-7-4-8-17-3/h10-11H,4-9,13H2,1-3H3,(H,14,15). The number of nitrogens with two attached hydrogens (primary N) is 1. The Hall–Kier alpha value is -0.810. The van der Waals surface area contributed by atoms with Crippen LogP contribution < -0.4 is 11.3 Å². The zero-order valence-electron chi connectivity index (χ0n) is 11.3. The molecule has 17 heavy (non-hydrogen) atoms. The van der Waals surface area contributed by atoms with Crippen LogP contribution in [0.4, 0.5) is 0 Å². The minimum atomic E-state index is 0.619. The third-order valence-corrected chi connectivity index (χ3v) is 2.72. The average Bonchev–Trinajstić information content (AvgIpc) is 3.10. The largest absolute Gasteiger partial charge is 0.385 e. The molecule has 0 aromatic rings. The Balaban J connectivity index is 2.48. The molecule has 0 radical (unpaired) electrons. The third kappa shape index (κ3) is 5.37. The highest BCUT2D eigenvalue weighted by atomic mass is 16.5. The lowest BCUT2D eigenvalue weighted by atomic mass is 10.2. The minimum Gasteiger partial charge on any atom is -0.385 e. The summed E-state index contributed by atoms with van der Waals surface area (Å²) in [5.74, 6) is 7.03. The van der Waals surface area contributed by atoms with E-state index in [0.29, 0.717) is 12.0 Å². The molecule has 0 aromatic carbocycles. The van der Waals surface area contributed by atoms with Gasteiger partial charge in [-0.05, 0) is 25.2 Å². The maximum absolute atomic E-state index is 5.58. The number of guanidine groups is 1. The highest BCUT2D eigenvalue weighted by Crippen LogP contribution is 2.27. The molecule has 0 bridgehead atoms. The van der Waals surface area contributed by atoms with Crippen LogP contribution in [0.5, 0.6) is 0 Å². The first-order valence-corrected chi connectivity index (χ1v) is 6.45. The number of nitrogens with one attached hydrogen (secondary N) is 1. The van der Waals surface area contributed by atoms with Crippen molar-refractivity contribution in [2.45, 2.75) is 39.2 Å². The van der Waals surface area contributed by atoms with Crippen LogP contribution in [0.25, 0.3) is 0 Å². The average molecular weight is 242 g/mol. The number of methoxy groups -OCH3 is 1. The first-order chi connectivity index (χ1) is 8.19. The Morgan fingerprint density at radius 3 is 2.71 bits per heavy atom. The normalized spacial score (nSPS) is 16.4. The molecule has 1 saturated carbocycles. The van der Waals surface area contributed by atoms with Crippen molar-refractivity contribution >= 4 is 5.96 Å². The highest BCUT2D eigenvalue weighted by molar-refractivity contribution is 5.80. The molecular weight excluding hydrogens is 216 g/mol. The van der Waals surface area contributed by atoms with E-state index in [0.717, 1.165) is 32.1 Å². The van der Waals surface area contributed by atoms with E-state index in [1.54, 1.807) is 7.11 Å². The van der Waals surface area contributed by atoms with Gasteiger partial charge in [-0.2, -0.15) is 0 Å². The summed E-state index contributed by atoms with van der Waals surface area (Å²) in [6, 6.07) is 0.634. The second-order valence-electron chi connectivity index (χ2n) is 4.97. The van der Waals surface area contributed by atoms with E-state index in [1.165, 1.54) is 12.8 Å². The summed E-state index contributed by atoms with van der Waals surface area (Å²) < 4.78 is 5.01. The van der Waals surface area contributed by atoms with Gasteiger partial charge in [0.2, 0.25) is 5.96 Å². The molecule has 1 aliphatic carbocycles. The topological polar surface area (TPSA) is 62.9 Å². The smallest absolute Gasteiger partial charge is 0.208 e. The van der Waals surface area contributed by atoms with Gasteiger partial charge in [-0.15, -0.1) is 0 Å². The first-order valence-electron chi connectivity index (χ1n) is 6.45. The van der Waals surface area contributed by atoms with Gasteiger partial charge in [0, 0.05) is 32.8 Å². The van der Waals surface area contributed by atoms with Crippen LogP contribution in [0.1, 0.15) is 33.1 Å². The van der Waals surface area contributed by atoms with Crippen LogP contribution in [0.15, 0.2) is 4.99 Å². The van der Waals surface area contributed by atoms with Gasteiger partial charge in [-0.3, -0.25) is 10.4 Å². The number of nitrogens with zero attached hydrogens (tertiary/aromatic N) is 2. The van der Waals surface area contributed by atoms with Crippen molar-refractivity contribution in [3.8, 4) is 0 Å². The van der Waals surface area contributed by atoms with Gasteiger partial charge in [-0.25, -0.2) is 5.84 Å². The fourth-order valence-electron chi connectivity index (χ4n) is 1.80. The van der Waals surface area contributed by atoms with E-state index in [4.69, 9.17) is 10.6 Å². The Kier molecular flexibility index (Phi) is 6.29. The van der Waals surface area contributed by atoms with Crippen LogP contribution in [-0.4, -0.2) is 43.7 Å². The first kappa shape index (κ1) is 14.3. The van der Waals surface area contributed by atoms with E-state index < -0.39 is 0 Å². The third-order valence-electron chi connectivity index (χ3n) is 2.72. The molecule has 5 nitrogen and oxygen atoms in total. The van der Waals surface area contributed by atoms with Gasteiger partial charge in [-0.1, -0.05) is 13.8 Å². The lowest BCUT2D eigenvalue weighted by molar-refractivity contribution is 0.196. The summed E-state index contributed by atoms with van der Waals surface area (Å²) in [7, 11) is 1.71. The summed E-state index contributed by atoms with van der Waals surface area (Å²) in [6.45, 7) is 6.95. The van der Waals surface area contributed by atoms with Gasteiger partial charge in [0.1, 0.15) is 0 Å². The number of ether oxygens (including phenoxy) is 1. The van der Waals surface area contributed by atoms with Crippen molar-refractivity contribution in [3.05, 3.63) is 0 Å². The maximum atomic E-state index is 5.58. The summed E-state index contributed by atoms with van der Waals surface area (Å²) in [4.78, 5) is 6.82. The predicted octanol–water partition coefficient (Wildman–Crippen LogP) is 0.963. The highest BCUT2D eigenvalue weighted by Gasteiger charge is 2.31. The van der Waals surface area contributed by atoms with E-state index in [9.17, 15) is 0 Å². The van der Waals surface area contributed by atoms with Crippen molar-refractivity contribution in [1.82, 2.24) is 10.3 Å². The molecule has 0 heterocycles. The molecule has 1 aliphatic rings. The lowest BCUT2D eigenvalue weighted by Crippen LogP contribution is -2.47. The van der Waals surface area contributed by atoms with Crippen LogP contribution in [0.3, 0.4) is 0 Å². The van der Waals surface area contributed by atoms with Gasteiger partial charge in [0.25, 0.3) is 0 Å². The van der Waals surface area contributed by atoms with E-state index >= 15 is 0 Å². The molecule has 0 atom stereocenters. The van der Waals surface area contributed by atoms with Crippen LogP contribution in [0, 0.1) is 5.92 Å². The minimum absolute atomic E-state index is 0.619. The summed E-state index contributed by atoms with van der Waals surface area (Å²) in [5.41, 5.74) is 2.74. The molecule has 0 amide bonds. The molecule has 0 unspecified atom stereocenters. The molecule has 0 aromatic heterocycles. The second kappa shape index (κ2) is 7.50. The molecule has 0 aliphatic heterocycles. The zero-order valence-corrected chi connectivity index (χ0v) is 11.3. The van der Waals surface area contributed by atoms with Gasteiger partial charge >= 0.3 is 0 Å². The number of hydrazine groups is 1. The van der Waals surface area contributed by atoms with E-state index in [-0.39, 0.29) is 0 Å². The summed E-state index contributed by atoms with van der Waals surface area (Å²) in [5, 5.41) is 0. The quantitative estimate of drug-likeness (QED) is 0.229. The predicted molar refractivity (Wildman–Crippen MR) is 70.7 cm³/mol. The van der Waals surface area contributed by atoms with Crippen molar-refractivity contribution in [3.63, 3.8) is 0 Å². The SMILES string of the molecule is COCCCN=C(NN)N(CC(C)C)C1CC1. The molecule has 5 heteroatoms. The van der Waals surface area contributed by atoms with Crippen LogP contribution >= 0.6 is 0 Å². The number of rotatable bonds is 7. The fraction of sp³-hybridized carbons (Fsp3) is 0.917. The number of hydrogen-bond acceptors (Lipinski definition) is 3. The summed E-state index contributed by atoms with van der Waals surface area (Å²) >= 11 is 0. The zero-order chi connectivity index (χ0) is 12.7.